The minimum atomic E-state index is -4.65. The van der Waals surface area contributed by atoms with Gasteiger partial charge in [0.05, 0.1) is 18.6 Å². The zero-order valence-corrected chi connectivity index (χ0v) is 19.0. The largest absolute Gasteiger partial charge is 0.497 e. The maximum Gasteiger partial charge on any atom is 0.433 e. The smallest absolute Gasteiger partial charge is 0.433 e. The summed E-state index contributed by atoms with van der Waals surface area (Å²) in [6, 6.07) is 12.0. The summed E-state index contributed by atoms with van der Waals surface area (Å²) in [5.74, 6) is 0.515. The van der Waals surface area contributed by atoms with E-state index in [0.717, 1.165) is 10.9 Å². The third kappa shape index (κ3) is 5.13. The van der Waals surface area contributed by atoms with E-state index in [1.54, 1.807) is 43.3 Å². The monoisotopic (exact) mass is 467 g/mol. The average molecular weight is 468 g/mol. The van der Waals surface area contributed by atoms with Crippen LogP contribution in [0, 0.1) is 0 Å². The number of halogens is 3. The molecule has 0 aliphatic rings. The predicted octanol–water partition coefficient (Wildman–Crippen LogP) is 4.21. The van der Waals surface area contributed by atoms with Crippen molar-refractivity contribution in [3.05, 3.63) is 54.2 Å². The van der Waals surface area contributed by atoms with E-state index in [1.807, 2.05) is 0 Å². The number of rotatable bonds is 7. The summed E-state index contributed by atoms with van der Waals surface area (Å²) in [5.41, 5.74) is -0.0761. The van der Waals surface area contributed by atoms with E-state index >= 15 is 0 Å². The fourth-order valence-corrected chi connectivity index (χ4v) is 3.93. The van der Waals surface area contributed by atoms with Crippen molar-refractivity contribution in [3.8, 4) is 28.1 Å². The van der Waals surface area contributed by atoms with Crippen molar-refractivity contribution in [1.29, 1.82) is 0 Å². The lowest BCUT2D eigenvalue weighted by atomic mass is 9.98. The van der Waals surface area contributed by atoms with Crippen LogP contribution in [0.25, 0.3) is 22.4 Å². The fourth-order valence-electron chi connectivity index (χ4n) is 3.30. The number of aromatic nitrogens is 2. The Labute approximate surface area is 185 Å². The van der Waals surface area contributed by atoms with Gasteiger partial charge in [0.15, 0.2) is 15.5 Å². The van der Waals surface area contributed by atoms with E-state index in [-0.39, 0.29) is 22.7 Å². The van der Waals surface area contributed by atoms with Crippen LogP contribution in [0.2, 0.25) is 0 Å². The van der Waals surface area contributed by atoms with E-state index in [2.05, 4.69) is 5.10 Å². The Balaban J connectivity index is 2.26. The quantitative estimate of drug-likeness (QED) is 0.521. The Morgan fingerprint density at radius 2 is 1.56 bits per heavy atom. The summed E-state index contributed by atoms with van der Waals surface area (Å²) in [7, 11) is 1.57. The SMILES string of the molecule is COc1ccc(-c2c(-c3ccc(S(C)(=O)=O)cc3)nn(CCN(C)C)c2C(F)(F)F)cc1. The lowest BCUT2D eigenvalue weighted by Gasteiger charge is -2.15. The van der Waals surface area contributed by atoms with Crippen LogP contribution >= 0.6 is 0 Å². The third-order valence-electron chi connectivity index (χ3n) is 4.91. The van der Waals surface area contributed by atoms with Gasteiger partial charge < -0.3 is 9.64 Å². The minimum Gasteiger partial charge on any atom is -0.497 e. The Hall–Kier alpha value is -2.85. The summed E-state index contributed by atoms with van der Waals surface area (Å²) < 4.78 is 72.4. The summed E-state index contributed by atoms with van der Waals surface area (Å²) in [5, 5.41) is 4.32. The number of alkyl halides is 3. The normalized spacial score (nSPS) is 12.4. The summed E-state index contributed by atoms with van der Waals surface area (Å²) in [4.78, 5) is 1.85. The molecule has 0 aliphatic carbocycles. The highest BCUT2D eigenvalue weighted by Crippen LogP contribution is 2.43. The molecule has 32 heavy (non-hydrogen) atoms. The van der Waals surface area contributed by atoms with E-state index in [9.17, 15) is 21.6 Å². The Kier molecular flexibility index (Phi) is 6.66. The number of ether oxygens (including phenoxy) is 1. The van der Waals surface area contributed by atoms with Crippen molar-refractivity contribution in [2.24, 2.45) is 0 Å². The number of benzene rings is 2. The first-order valence-electron chi connectivity index (χ1n) is 9.69. The molecule has 0 radical (unpaired) electrons. The van der Waals surface area contributed by atoms with Gasteiger partial charge in [0.25, 0.3) is 0 Å². The molecule has 0 aliphatic heterocycles. The molecule has 3 rings (SSSR count). The molecule has 3 aromatic rings. The van der Waals surface area contributed by atoms with Crippen LogP contribution < -0.4 is 4.74 Å². The summed E-state index contributed by atoms with van der Waals surface area (Å²) >= 11 is 0. The van der Waals surface area contributed by atoms with Gasteiger partial charge in [0.2, 0.25) is 0 Å². The molecule has 0 unspecified atom stereocenters. The standard InChI is InChI=1S/C22H24F3N3O3S/c1-27(2)13-14-28-21(22(23,24)25)19(15-5-9-17(31-3)10-6-15)20(26-28)16-7-11-18(12-8-16)32(4,29)30/h5-12H,13-14H2,1-4H3. The van der Waals surface area contributed by atoms with E-state index in [0.29, 0.717) is 23.4 Å². The molecule has 1 heterocycles. The summed E-state index contributed by atoms with van der Waals surface area (Å²) in [6.45, 7) is 0.395. The molecule has 0 amide bonds. The molecule has 0 fully saturated rings. The van der Waals surface area contributed by atoms with Crippen LogP contribution in [0.5, 0.6) is 5.75 Å². The van der Waals surface area contributed by atoms with Crippen LogP contribution in [-0.2, 0) is 22.6 Å². The average Bonchev–Trinajstić information content (AvgIpc) is 3.12. The van der Waals surface area contributed by atoms with Crippen LogP contribution in [0.4, 0.5) is 13.2 Å². The van der Waals surface area contributed by atoms with Gasteiger partial charge in [0, 0.05) is 23.9 Å². The van der Waals surface area contributed by atoms with Crippen LogP contribution in [0.3, 0.4) is 0 Å². The number of hydrogen-bond donors (Lipinski definition) is 0. The molecule has 2 aromatic carbocycles. The number of hydrogen-bond acceptors (Lipinski definition) is 5. The van der Waals surface area contributed by atoms with Crippen molar-refractivity contribution in [3.63, 3.8) is 0 Å². The van der Waals surface area contributed by atoms with E-state index < -0.39 is 21.7 Å². The molecule has 0 saturated heterocycles. The van der Waals surface area contributed by atoms with Gasteiger partial charge in [-0.05, 0) is 43.9 Å². The predicted molar refractivity (Wildman–Crippen MR) is 116 cm³/mol. The minimum absolute atomic E-state index is 0.0341. The molecule has 1 aromatic heterocycles. The molecular formula is C22H24F3N3O3S. The lowest BCUT2D eigenvalue weighted by molar-refractivity contribution is -0.143. The maximum atomic E-state index is 14.2. The molecule has 0 bridgehead atoms. The molecule has 0 saturated carbocycles. The van der Waals surface area contributed by atoms with E-state index in [1.165, 1.54) is 31.4 Å². The first kappa shape index (κ1) is 23.8. The Morgan fingerprint density at radius 1 is 1.00 bits per heavy atom. The number of methoxy groups -OCH3 is 1. The first-order chi connectivity index (χ1) is 14.9. The van der Waals surface area contributed by atoms with Crippen molar-refractivity contribution in [2.45, 2.75) is 17.6 Å². The second-order valence-electron chi connectivity index (χ2n) is 7.62. The van der Waals surface area contributed by atoms with Gasteiger partial charge in [0.1, 0.15) is 11.4 Å². The number of nitrogens with zero attached hydrogens (tertiary/aromatic N) is 3. The van der Waals surface area contributed by atoms with Crippen molar-refractivity contribution >= 4 is 9.84 Å². The molecular weight excluding hydrogens is 443 g/mol. The van der Waals surface area contributed by atoms with Gasteiger partial charge in [-0.2, -0.15) is 18.3 Å². The third-order valence-corrected chi connectivity index (χ3v) is 6.04. The second-order valence-corrected chi connectivity index (χ2v) is 9.64. The topological polar surface area (TPSA) is 64.4 Å². The van der Waals surface area contributed by atoms with Crippen molar-refractivity contribution in [2.75, 3.05) is 34.0 Å². The maximum absolute atomic E-state index is 14.2. The summed E-state index contributed by atoms with van der Waals surface area (Å²) in [6.07, 6.45) is -3.58. The Morgan fingerprint density at radius 3 is 2.03 bits per heavy atom. The van der Waals surface area contributed by atoms with Crippen LogP contribution in [-0.4, -0.2) is 57.1 Å². The molecule has 6 nitrogen and oxygen atoms in total. The molecule has 0 spiro atoms. The molecule has 172 valence electrons. The second kappa shape index (κ2) is 8.95. The zero-order valence-electron chi connectivity index (χ0n) is 18.1. The molecule has 10 heteroatoms. The van der Waals surface area contributed by atoms with E-state index in [4.69, 9.17) is 4.74 Å². The molecule has 0 atom stereocenters. The number of likely N-dealkylation sites (N-methyl/N-ethyl adjacent to an activating group) is 1. The Bertz CT molecular complexity index is 1180. The first-order valence-corrected chi connectivity index (χ1v) is 11.6. The van der Waals surface area contributed by atoms with Crippen molar-refractivity contribution in [1.82, 2.24) is 14.7 Å². The highest BCUT2D eigenvalue weighted by molar-refractivity contribution is 7.90. The molecule has 0 N–H and O–H groups in total. The highest BCUT2D eigenvalue weighted by Gasteiger charge is 2.40. The van der Waals surface area contributed by atoms with Gasteiger partial charge in [-0.3, -0.25) is 4.68 Å². The van der Waals surface area contributed by atoms with Crippen LogP contribution in [0.15, 0.2) is 53.4 Å². The van der Waals surface area contributed by atoms with Gasteiger partial charge in [-0.15, -0.1) is 0 Å². The fraction of sp³-hybridized carbons (Fsp3) is 0.318. The van der Waals surface area contributed by atoms with Gasteiger partial charge in [-0.1, -0.05) is 24.3 Å². The van der Waals surface area contributed by atoms with Gasteiger partial charge in [-0.25, -0.2) is 8.42 Å². The highest BCUT2D eigenvalue weighted by atomic mass is 32.2. The van der Waals surface area contributed by atoms with Crippen molar-refractivity contribution < 1.29 is 26.3 Å². The number of sulfone groups is 1. The zero-order chi connectivity index (χ0) is 23.7. The van der Waals surface area contributed by atoms with Gasteiger partial charge >= 0.3 is 6.18 Å². The lowest BCUT2D eigenvalue weighted by Crippen LogP contribution is -2.23. The van der Waals surface area contributed by atoms with Crippen LogP contribution in [0.1, 0.15) is 5.69 Å².